The molecule has 4 nitrogen and oxygen atoms in total. The van der Waals surface area contributed by atoms with E-state index in [0.29, 0.717) is 5.92 Å². The molecule has 0 saturated carbocycles. The molecule has 0 spiro atoms. The van der Waals surface area contributed by atoms with Gasteiger partial charge in [0.05, 0.1) is 17.1 Å². The molecule has 0 saturated heterocycles. The van der Waals surface area contributed by atoms with Gasteiger partial charge in [-0.25, -0.2) is 0 Å². The van der Waals surface area contributed by atoms with E-state index in [-0.39, 0.29) is 17.5 Å². The lowest BCUT2D eigenvalue weighted by Crippen LogP contribution is -2.38. The maximum absolute atomic E-state index is 13.0. The van der Waals surface area contributed by atoms with Crippen molar-refractivity contribution >= 4 is 54.1 Å². The first kappa shape index (κ1) is 20.2. The van der Waals surface area contributed by atoms with Gasteiger partial charge >= 0.3 is 0 Å². The largest absolute Gasteiger partial charge is 0.495 e. The lowest BCUT2D eigenvalue weighted by Gasteiger charge is -2.34. The van der Waals surface area contributed by atoms with E-state index in [9.17, 15) is 4.79 Å². The molecule has 2 aliphatic rings. The summed E-state index contributed by atoms with van der Waals surface area (Å²) in [6, 6.07) is 3.92. The number of hydrogen-bond acceptors (Lipinski definition) is 4. The Balaban J connectivity index is 1.70. The van der Waals surface area contributed by atoms with E-state index < -0.39 is 0 Å². The second kappa shape index (κ2) is 7.33. The zero-order chi connectivity index (χ0) is 20.2. The first-order valence-corrected chi connectivity index (χ1v) is 11.8. The number of ether oxygens (including phenoxy) is 1. The normalized spacial score (nSPS) is 21.4. The number of amides is 1. The van der Waals surface area contributed by atoms with Gasteiger partial charge in [0.2, 0.25) is 0 Å². The number of anilines is 1. The Bertz CT molecular complexity index is 949. The van der Waals surface area contributed by atoms with Crippen molar-refractivity contribution in [1.82, 2.24) is 5.32 Å². The molecular weight excluding hydrogens is 504 g/mol. The molecular formula is C21H24Br2N2O2S. The van der Waals surface area contributed by atoms with Gasteiger partial charge < -0.3 is 15.4 Å². The SMILES string of the molecule is COc1c(Br)cc(Br)cc1[C@H]1NC(=O)c2c(sc3c2CC[C@H](C(C)(C)C)C3)N1. The molecule has 1 aliphatic carbocycles. The monoisotopic (exact) mass is 526 g/mol. The van der Waals surface area contributed by atoms with Crippen molar-refractivity contribution < 1.29 is 9.53 Å². The summed E-state index contributed by atoms with van der Waals surface area (Å²) in [5.41, 5.74) is 3.26. The lowest BCUT2D eigenvalue weighted by molar-refractivity contribution is 0.0934. The van der Waals surface area contributed by atoms with E-state index in [1.54, 1.807) is 18.4 Å². The number of carbonyl (C=O) groups excluding carboxylic acids is 1. The van der Waals surface area contributed by atoms with Crippen LogP contribution in [0.25, 0.3) is 0 Å². The molecule has 28 heavy (non-hydrogen) atoms. The van der Waals surface area contributed by atoms with Crippen LogP contribution in [0.4, 0.5) is 5.00 Å². The third kappa shape index (κ3) is 3.50. The van der Waals surface area contributed by atoms with Gasteiger partial charge in [0.15, 0.2) is 0 Å². The van der Waals surface area contributed by atoms with Gasteiger partial charge in [0, 0.05) is 14.9 Å². The third-order valence-electron chi connectivity index (χ3n) is 5.82. The molecule has 0 bridgehead atoms. The third-order valence-corrected chi connectivity index (χ3v) is 8.05. The smallest absolute Gasteiger partial charge is 0.256 e. The van der Waals surface area contributed by atoms with Gasteiger partial charge in [-0.15, -0.1) is 11.3 Å². The van der Waals surface area contributed by atoms with Crippen molar-refractivity contribution in [3.05, 3.63) is 42.6 Å². The van der Waals surface area contributed by atoms with Crippen molar-refractivity contribution in [1.29, 1.82) is 0 Å². The molecule has 2 N–H and O–H groups in total. The number of halogens is 2. The van der Waals surface area contributed by atoms with Crippen LogP contribution in [-0.4, -0.2) is 13.0 Å². The number of nitrogens with one attached hydrogen (secondary N) is 2. The molecule has 0 fully saturated rings. The van der Waals surface area contributed by atoms with E-state index in [1.165, 1.54) is 10.4 Å². The second-order valence-corrected chi connectivity index (χ2v) is 11.4. The van der Waals surface area contributed by atoms with Crippen molar-refractivity contribution in [3.8, 4) is 5.75 Å². The van der Waals surface area contributed by atoms with Crippen LogP contribution in [0.5, 0.6) is 5.75 Å². The van der Waals surface area contributed by atoms with Crippen LogP contribution >= 0.6 is 43.2 Å². The molecule has 2 heterocycles. The standard InChI is InChI=1S/C21H24Br2N2O2S/c1-21(2,3)10-5-6-12-15(7-10)28-20-16(12)19(26)24-18(25-20)13-8-11(22)9-14(23)17(13)27-4/h8-10,18,25H,5-7H2,1-4H3,(H,24,26)/t10-,18-/m0/s1. The minimum Gasteiger partial charge on any atom is -0.495 e. The predicted octanol–water partition coefficient (Wildman–Crippen LogP) is 6.29. The van der Waals surface area contributed by atoms with E-state index in [0.717, 1.165) is 50.1 Å². The van der Waals surface area contributed by atoms with Gasteiger partial charge in [-0.3, -0.25) is 4.79 Å². The van der Waals surface area contributed by atoms with Gasteiger partial charge in [0.25, 0.3) is 5.91 Å². The molecule has 1 aromatic carbocycles. The van der Waals surface area contributed by atoms with E-state index in [4.69, 9.17) is 4.74 Å². The van der Waals surface area contributed by atoms with Crippen molar-refractivity contribution in [2.45, 2.75) is 46.2 Å². The molecule has 0 unspecified atom stereocenters. The highest BCUT2D eigenvalue weighted by Gasteiger charge is 2.37. The van der Waals surface area contributed by atoms with Crippen LogP contribution in [0.3, 0.4) is 0 Å². The highest BCUT2D eigenvalue weighted by atomic mass is 79.9. The van der Waals surface area contributed by atoms with Crippen LogP contribution in [-0.2, 0) is 12.8 Å². The average molecular weight is 528 g/mol. The fourth-order valence-corrected chi connectivity index (χ4v) is 6.98. The number of carbonyl (C=O) groups is 1. The highest BCUT2D eigenvalue weighted by Crippen LogP contribution is 2.47. The minimum atomic E-state index is -0.331. The number of thiophene rings is 1. The number of hydrogen-bond donors (Lipinski definition) is 2. The topological polar surface area (TPSA) is 50.4 Å². The van der Waals surface area contributed by atoms with Gasteiger partial charge in [0.1, 0.15) is 16.9 Å². The lowest BCUT2D eigenvalue weighted by atomic mass is 9.72. The molecule has 2 atom stereocenters. The molecule has 2 aromatic rings. The van der Waals surface area contributed by atoms with Crippen molar-refractivity contribution in [2.24, 2.45) is 11.3 Å². The van der Waals surface area contributed by atoms with Gasteiger partial charge in [-0.2, -0.15) is 0 Å². The Morgan fingerprint density at radius 1 is 1.21 bits per heavy atom. The molecule has 1 amide bonds. The zero-order valence-corrected chi connectivity index (χ0v) is 20.4. The zero-order valence-electron chi connectivity index (χ0n) is 16.4. The number of methoxy groups -OCH3 is 1. The summed E-state index contributed by atoms with van der Waals surface area (Å²) in [5, 5.41) is 7.66. The molecule has 0 radical (unpaired) electrons. The minimum absolute atomic E-state index is 0.00334. The van der Waals surface area contributed by atoms with Crippen LogP contribution in [0.2, 0.25) is 0 Å². The molecule has 1 aromatic heterocycles. The fourth-order valence-electron chi connectivity index (χ4n) is 4.20. The maximum Gasteiger partial charge on any atom is 0.256 e. The quantitative estimate of drug-likeness (QED) is 0.482. The summed E-state index contributed by atoms with van der Waals surface area (Å²) in [6.45, 7) is 6.94. The molecule has 4 rings (SSSR count). The second-order valence-electron chi connectivity index (χ2n) is 8.57. The van der Waals surface area contributed by atoms with Gasteiger partial charge in [-0.05, 0) is 64.2 Å². The van der Waals surface area contributed by atoms with E-state index >= 15 is 0 Å². The summed E-state index contributed by atoms with van der Waals surface area (Å²) in [5.74, 6) is 1.38. The molecule has 7 heteroatoms. The van der Waals surface area contributed by atoms with Crippen LogP contribution in [0.15, 0.2) is 21.1 Å². The van der Waals surface area contributed by atoms with Crippen LogP contribution in [0.1, 0.15) is 59.7 Å². The summed E-state index contributed by atoms with van der Waals surface area (Å²) >= 11 is 8.83. The average Bonchev–Trinajstić information content (AvgIpc) is 2.98. The van der Waals surface area contributed by atoms with Crippen LogP contribution < -0.4 is 15.4 Å². The molecule has 150 valence electrons. The Hall–Kier alpha value is -1.05. The summed E-state index contributed by atoms with van der Waals surface area (Å²) in [6.07, 6.45) is 2.85. The summed E-state index contributed by atoms with van der Waals surface area (Å²) in [7, 11) is 1.64. The molecule has 1 aliphatic heterocycles. The first-order chi connectivity index (χ1) is 13.2. The summed E-state index contributed by atoms with van der Waals surface area (Å²) < 4.78 is 7.36. The Labute approximate surface area is 186 Å². The van der Waals surface area contributed by atoms with E-state index in [2.05, 4.69) is 63.3 Å². The number of fused-ring (bicyclic) bond motifs is 3. The van der Waals surface area contributed by atoms with Crippen molar-refractivity contribution in [3.63, 3.8) is 0 Å². The first-order valence-electron chi connectivity index (χ1n) is 9.44. The van der Waals surface area contributed by atoms with Crippen LogP contribution in [0, 0.1) is 11.3 Å². The fraction of sp³-hybridized carbons (Fsp3) is 0.476. The Morgan fingerprint density at radius 2 is 1.96 bits per heavy atom. The number of rotatable bonds is 2. The maximum atomic E-state index is 13.0. The predicted molar refractivity (Wildman–Crippen MR) is 122 cm³/mol. The Morgan fingerprint density at radius 3 is 2.64 bits per heavy atom. The number of benzene rings is 1. The highest BCUT2D eigenvalue weighted by molar-refractivity contribution is 9.11. The van der Waals surface area contributed by atoms with Crippen molar-refractivity contribution in [2.75, 3.05) is 12.4 Å². The summed E-state index contributed by atoms with van der Waals surface area (Å²) in [4.78, 5) is 14.4. The van der Waals surface area contributed by atoms with Gasteiger partial charge in [-0.1, -0.05) is 36.7 Å². The Kier molecular flexibility index (Phi) is 5.30. The van der Waals surface area contributed by atoms with E-state index in [1.807, 2.05) is 12.1 Å².